The Morgan fingerprint density at radius 2 is 1.74 bits per heavy atom. The van der Waals surface area contributed by atoms with E-state index in [1.54, 1.807) is 7.11 Å². The summed E-state index contributed by atoms with van der Waals surface area (Å²) in [6.45, 7) is 5.71. The molecule has 0 unspecified atom stereocenters. The molecular weight excluding hydrogens is 554 g/mol. The number of fused-ring (bicyclic) bond motifs is 1. The van der Waals surface area contributed by atoms with Gasteiger partial charge in [-0.1, -0.05) is 34.1 Å². The smallest absolute Gasteiger partial charge is 0.227 e. The molecule has 2 aliphatic heterocycles. The van der Waals surface area contributed by atoms with Crippen LogP contribution in [0.1, 0.15) is 18.7 Å². The third-order valence-electron chi connectivity index (χ3n) is 7.95. The Kier molecular flexibility index (Phi) is 7.57. The van der Waals surface area contributed by atoms with Gasteiger partial charge >= 0.3 is 0 Å². The second-order valence-corrected chi connectivity index (χ2v) is 11.3. The van der Waals surface area contributed by atoms with Gasteiger partial charge in [0.1, 0.15) is 11.6 Å². The highest BCUT2D eigenvalue weighted by Crippen LogP contribution is 2.27. The van der Waals surface area contributed by atoms with Crippen molar-refractivity contribution in [1.29, 1.82) is 0 Å². The standard InChI is InChI=1S/C31H34BrN5O2/c1-39-27-13-11-25(12-14-27)35-16-18-36(19-17-35)31(38)23-6-5-15-34(21-23)22-30-33-28-9-2-3-10-29(28)37(30)26-8-4-7-24(32)20-26/h2-4,7-14,20,23H,5-6,15-19,21-22H2,1H3/t23-/m1/s1. The number of nitrogens with zero attached hydrogens (tertiary/aromatic N) is 5. The van der Waals surface area contributed by atoms with Gasteiger partial charge in [-0.3, -0.25) is 14.3 Å². The number of piperidine rings is 1. The number of piperazine rings is 1. The lowest BCUT2D eigenvalue weighted by atomic mass is 9.96. The monoisotopic (exact) mass is 587 g/mol. The number of ether oxygens (including phenoxy) is 1. The van der Waals surface area contributed by atoms with E-state index in [0.717, 1.165) is 91.4 Å². The molecule has 0 saturated carbocycles. The highest BCUT2D eigenvalue weighted by atomic mass is 79.9. The van der Waals surface area contributed by atoms with Crippen molar-refractivity contribution in [1.82, 2.24) is 19.4 Å². The van der Waals surface area contributed by atoms with E-state index in [1.165, 1.54) is 5.69 Å². The SMILES string of the molecule is COc1ccc(N2CCN(C(=O)[C@@H]3CCCN(Cc4nc5ccccc5n4-c4cccc(Br)c4)C3)CC2)cc1. The average Bonchev–Trinajstić information content (AvgIpc) is 3.35. The fourth-order valence-corrected chi connectivity index (χ4v) is 6.31. The molecule has 0 N–H and O–H groups in total. The van der Waals surface area contributed by atoms with Crippen molar-refractivity contribution in [3.8, 4) is 11.4 Å². The zero-order valence-corrected chi connectivity index (χ0v) is 23.9. The van der Waals surface area contributed by atoms with Crippen LogP contribution in [0.2, 0.25) is 0 Å². The molecule has 0 spiro atoms. The number of amides is 1. The lowest BCUT2D eigenvalue weighted by Crippen LogP contribution is -2.52. The maximum Gasteiger partial charge on any atom is 0.227 e. The minimum Gasteiger partial charge on any atom is -0.497 e. The van der Waals surface area contributed by atoms with Crippen molar-refractivity contribution in [3.05, 3.63) is 83.1 Å². The zero-order chi connectivity index (χ0) is 26.8. The van der Waals surface area contributed by atoms with E-state index in [9.17, 15) is 4.79 Å². The number of methoxy groups -OCH3 is 1. The molecule has 0 radical (unpaired) electrons. The van der Waals surface area contributed by atoms with Crippen LogP contribution in [0.3, 0.4) is 0 Å². The third kappa shape index (κ3) is 5.54. The summed E-state index contributed by atoms with van der Waals surface area (Å²) in [5, 5.41) is 0. The van der Waals surface area contributed by atoms with Gasteiger partial charge in [0.25, 0.3) is 0 Å². The summed E-state index contributed by atoms with van der Waals surface area (Å²) in [5.74, 6) is 2.21. The van der Waals surface area contributed by atoms with Gasteiger partial charge in [0.05, 0.1) is 30.6 Å². The Balaban J connectivity index is 1.13. The molecule has 2 saturated heterocycles. The van der Waals surface area contributed by atoms with Crippen molar-refractivity contribution in [2.45, 2.75) is 19.4 Å². The summed E-state index contributed by atoms with van der Waals surface area (Å²) >= 11 is 3.62. The first-order valence-electron chi connectivity index (χ1n) is 13.7. The number of hydrogen-bond donors (Lipinski definition) is 0. The van der Waals surface area contributed by atoms with Gasteiger partial charge in [-0.05, 0) is 74.0 Å². The molecule has 0 bridgehead atoms. The van der Waals surface area contributed by atoms with Crippen LogP contribution in [0.4, 0.5) is 5.69 Å². The summed E-state index contributed by atoms with van der Waals surface area (Å²) in [4.78, 5) is 25.4. The van der Waals surface area contributed by atoms with Crippen LogP contribution in [0.15, 0.2) is 77.3 Å². The Morgan fingerprint density at radius 3 is 2.51 bits per heavy atom. The lowest BCUT2D eigenvalue weighted by Gasteiger charge is -2.39. The second-order valence-electron chi connectivity index (χ2n) is 10.4. The summed E-state index contributed by atoms with van der Waals surface area (Å²) in [6, 6.07) is 24.8. The van der Waals surface area contributed by atoms with Crippen LogP contribution in [0, 0.1) is 5.92 Å². The lowest BCUT2D eigenvalue weighted by molar-refractivity contribution is -0.137. The summed E-state index contributed by atoms with van der Waals surface area (Å²) in [7, 11) is 1.68. The van der Waals surface area contributed by atoms with Gasteiger partial charge in [-0.15, -0.1) is 0 Å². The number of carbonyl (C=O) groups is 1. The normalized spacial score (nSPS) is 18.5. The first-order valence-corrected chi connectivity index (χ1v) is 14.5. The van der Waals surface area contributed by atoms with Crippen molar-refractivity contribution >= 4 is 38.6 Å². The predicted molar refractivity (Wildman–Crippen MR) is 159 cm³/mol. The van der Waals surface area contributed by atoms with Crippen LogP contribution < -0.4 is 9.64 Å². The highest BCUT2D eigenvalue weighted by molar-refractivity contribution is 9.10. The molecular formula is C31H34BrN5O2. The molecule has 0 aliphatic carbocycles. The Labute approximate surface area is 238 Å². The number of benzene rings is 3. The van der Waals surface area contributed by atoms with Gasteiger partial charge in [0, 0.05) is 48.6 Å². The van der Waals surface area contributed by atoms with E-state index in [0.29, 0.717) is 5.91 Å². The van der Waals surface area contributed by atoms with Gasteiger partial charge in [0.2, 0.25) is 5.91 Å². The number of hydrogen-bond acceptors (Lipinski definition) is 5. The maximum absolute atomic E-state index is 13.6. The van der Waals surface area contributed by atoms with E-state index in [-0.39, 0.29) is 5.92 Å². The minimum atomic E-state index is 0.0370. The molecule has 1 aromatic heterocycles. The van der Waals surface area contributed by atoms with Gasteiger partial charge in [-0.25, -0.2) is 4.98 Å². The molecule has 3 aromatic carbocycles. The Morgan fingerprint density at radius 1 is 0.949 bits per heavy atom. The molecule has 39 heavy (non-hydrogen) atoms. The summed E-state index contributed by atoms with van der Waals surface area (Å²) in [6.07, 6.45) is 1.98. The first kappa shape index (κ1) is 25.9. The number of carbonyl (C=O) groups excluding carboxylic acids is 1. The van der Waals surface area contributed by atoms with Gasteiger partial charge < -0.3 is 14.5 Å². The number of rotatable bonds is 6. The molecule has 1 atom stereocenters. The Hall–Kier alpha value is -3.36. The number of imidazole rings is 1. The second kappa shape index (κ2) is 11.4. The number of anilines is 1. The topological polar surface area (TPSA) is 53.8 Å². The predicted octanol–water partition coefficient (Wildman–Crippen LogP) is 5.36. The molecule has 7 nitrogen and oxygen atoms in total. The zero-order valence-electron chi connectivity index (χ0n) is 22.3. The molecule has 202 valence electrons. The molecule has 8 heteroatoms. The van der Waals surface area contributed by atoms with E-state index in [1.807, 2.05) is 24.3 Å². The fourth-order valence-electron chi connectivity index (χ4n) is 5.92. The minimum absolute atomic E-state index is 0.0370. The third-order valence-corrected chi connectivity index (χ3v) is 8.44. The first-order chi connectivity index (χ1) is 19.1. The molecule has 1 amide bonds. The Bertz CT molecular complexity index is 1450. The average molecular weight is 589 g/mol. The number of para-hydroxylation sites is 2. The van der Waals surface area contributed by atoms with E-state index < -0.39 is 0 Å². The number of likely N-dealkylation sites (tertiary alicyclic amines) is 1. The van der Waals surface area contributed by atoms with Crippen LogP contribution in [-0.4, -0.2) is 71.6 Å². The van der Waals surface area contributed by atoms with Gasteiger partial charge in [-0.2, -0.15) is 0 Å². The molecule has 3 heterocycles. The van der Waals surface area contributed by atoms with Gasteiger partial charge in [0.15, 0.2) is 0 Å². The van der Waals surface area contributed by atoms with Crippen LogP contribution in [0.25, 0.3) is 16.7 Å². The quantitative estimate of drug-likeness (QED) is 0.304. The summed E-state index contributed by atoms with van der Waals surface area (Å²) in [5.41, 5.74) is 4.37. The van der Waals surface area contributed by atoms with Crippen molar-refractivity contribution in [2.24, 2.45) is 5.92 Å². The van der Waals surface area contributed by atoms with Crippen LogP contribution >= 0.6 is 15.9 Å². The van der Waals surface area contributed by atoms with Crippen LogP contribution in [0.5, 0.6) is 5.75 Å². The van der Waals surface area contributed by atoms with Crippen LogP contribution in [-0.2, 0) is 11.3 Å². The van der Waals surface area contributed by atoms with E-state index in [2.05, 4.69) is 83.7 Å². The molecule has 4 aromatic rings. The largest absolute Gasteiger partial charge is 0.497 e. The number of aromatic nitrogens is 2. The van der Waals surface area contributed by atoms with E-state index >= 15 is 0 Å². The molecule has 2 aliphatic rings. The van der Waals surface area contributed by atoms with E-state index in [4.69, 9.17) is 9.72 Å². The molecule has 2 fully saturated rings. The highest BCUT2D eigenvalue weighted by Gasteiger charge is 2.32. The number of halogens is 1. The maximum atomic E-state index is 13.6. The fraction of sp³-hybridized carbons (Fsp3) is 0.355. The van der Waals surface area contributed by atoms with Crippen molar-refractivity contribution < 1.29 is 9.53 Å². The molecule has 6 rings (SSSR count). The van der Waals surface area contributed by atoms with Crippen molar-refractivity contribution in [2.75, 3.05) is 51.3 Å². The summed E-state index contributed by atoms with van der Waals surface area (Å²) < 4.78 is 8.58. The van der Waals surface area contributed by atoms with Crippen molar-refractivity contribution in [3.63, 3.8) is 0 Å².